The summed E-state index contributed by atoms with van der Waals surface area (Å²) in [6.45, 7) is 1.65. The van der Waals surface area contributed by atoms with Crippen LogP contribution in [0.2, 0.25) is 0 Å². The van der Waals surface area contributed by atoms with Crippen molar-refractivity contribution in [1.82, 2.24) is 9.47 Å². The van der Waals surface area contributed by atoms with Gasteiger partial charge in [0.25, 0.3) is 0 Å². The Morgan fingerprint density at radius 3 is 2.80 bits per heavy atom. The molecule has 0 unspecified atom stereocenters. The zero-order chi connectivity index (χ0) is 10.8. The minimum Gasteiger partial charge on any atom is -0.308 e. The van der Waals surface area contributed by atoms with Crippen molar-refractivity contribution in [2.75, 3.05) is 20.6 Å². The molecule has 0 aliphatic carbocycles. The number of aromatic nitrogens is 1. The third kappa shape index (κ3) is 2.11. The van der Waals surface area contributed by atoms with Gasteiger partial charge in [-0.15, -0.1) is 0 Å². The number of thiazole rings is 1. The summed E-state index contributed by atoms with van der Waals surface area (Å²) in [6, 6.07) is 7.94. The highest BCUT2D eigenvalue weighted by Gasteiger charge is 2.05. The molecule has 0 amide bonds. The molecule has 0 aliphatic heterocycles. The smallest absolute Gasteiger partial charge is 0.308 e. The van der Waals surface area contributed by atoms with Crippen molar-refractivity contribution < 1.29 is 0 Å². The molecule has 0 saturated carbocycles. The topological polar surface area (TPSA) is 25.2 Å². The van der Waals surface area contributed by atoms with Gasteiger partial charge in [-0.25, -0.2) is 0 Å². The second kappa shape index (κ2) is 4.16. The zero-order valence-electron chi connectivity index (χ0n) is 8.93. The lowest BCUT2D eigenvalue weighted by atomic mass is 10.3. The molecule has 0 radical (unpaired) electrons. The van der Waals surface area contributed by atoms with E-state index in [2.05, 4.69) is 4.90 Å². The van der Waals surface area contributed by atoms with Crippen LogP contribution >= 0.6 is 11.3 Å². The van der Waals surface area contributed by atoms with Gasteiger partial charge in [-0.1, -0.05) is 23.5 Å². The van der Waals surface area contributed by atoms with Crippen LogP contribution in [0, 0.1) is 0 Å². The Bertz CT molecular complexity index is 513. The third-order valence-electron chi connectivity index (χ3n) is 2.34. The average molecular weight is 222 g/mol. The summed E-state index contributed by atoms with van der Waals surface area (Å²) in [4.78, 5) is 13.9. The lowest BCUT2D eigenvalue weighted by Gasteiger charge is -2.09. The maximum absolute atomic E-state index is 11.7. The summed E-state index contributed by atoms with van der Waals surface area (Å²) in [5.41, 5.74) is 1.05. The Labute approximate surface area is 92.6 Å². The van der Waals surface area contributed by atoms with E-state index in [0.717, 1.165) is 23.3 Å². The van der Waals surface area contributed by atoms with E-state index in [1.54, 1.807) is 0 Å². The molecule has 0 saturated heterocycles. The number of nitrogens with zero attached hydrogens (tertiary/aromatic N) is 2. The van der Waals surface area contributed by atoms with Gasteiger partial charge in [0.1, 0.15) is 0 Å². The SMILES string of the molecule is CN(C)CCn1c(=O)sc2ccccc21. The van der Waals surface area contributed by atoms with E-state index in [0.29, 0.717) is 0 Å². The number of rotatable bonds is 3. The molecule has 15 heavy (non-hydrogen) atoms. The molecule has 2 rings (SSSR count). The third-order valence-corrected chi connectivity index (χ3v) is 3.30. The van der Waals surface area contributed by atoms with Crippen LogP contribution in [-0.2, 0) is 6.54 Å². The Morgan fingerprint density at radius 1 is 1.33 bits per heavy atom. The highest BCUT2D eigenvalue weighted by molar-refractivity contribution is 7.16. The molecular formula is C11H14N2OS. The lowest BCUT2D eigenvalue weighted by Crippen LogP contribution is -2.23. The minimum absolute atomic E-state index is 0.137. The van der Waals surface area contributed by atoms with Gasteiger partial charge in [-0.05, 0) is 26.2 Å². The first-order chi connectivity index (χ1) is 7.18. The molecule has 0 N–H and O–H groups in total. The fraction of sp³-hybridized carbons (Fsp3) is 0.364. The quantitative estimate of drug-likeness (QED) is 0.788. The van der Waals surface area contributed by atoms with Gasteiger partial charge < -0.3 is 4.90 Å². The standard InChI is InChI=1S/C11H14N2OS/c1-12(2)7-8-13-9-5-3-4-6-10(9)15-11(13)14/h3-6H,7-8H2,1-2H3. The van der Waals surface area contributed by atoms with Crippen molar-refractivity contribution in [3.8, 4) is 0 Å². The summed E-state index contributed by atoms with van der Waals surface area (Å²) in [7, 11) is 4.03. The van der Waals surface area contributed by atoms with Gasteiger partial charge in [0.05, 0.1) is 10.2 Å². The van der Waals surface area contributed by atoms with Crippen LogP contribution in [0.25, 0.3) is 10.2 Å². The van der Waals surface area contributed by atoms with E-state index in [4.69, 9.17) is 0 Å². The molecule has 0 fully saturated rings. The summed E-state index contributed by atoms with van der Waals surface area (Å²) >= 11 is 1.32. The van der Waals surface area contributed by atoms with Crippen molar-refractivity contribution in [2.45, 2.75) is 6.54 Å². The van der Waals surface area contributed by atoms with Crippen molar-refractivity contribution in [3.05, 3.63) is 33.9 Å². The largest absolute Gasteiger partial charge is 0.308 e. The Balaban J connectivity index is 2.41. The fourth-order valence-electron chi connectivity index (χ4n) is 1.53. The van der Waals surface area contributed by atoms with Crippen molar-refractivity contribution >= 4 is 21.6 Å². The zero-order valence-corrected chi connectivity index (χ0v) is 9.75. The summed E-state index contributed by atoms with van der Waals surface area (Å²) in [5, 5.41) is 0. The maximum atomic E-state index is 11.7. The van der Waals surface area contributed by atoms with Crippen LogP contribution in [0.15, 0.2) is 29.1 Å². The monoisotopic (exact) mass is 222 g/mol. The van der Waals surface area contributed by atoms with Gasteiger partial charge in [-0.3, -0.25) is 9.36 Å². The van der Waals surface area contributed by atoms with Gasteiger partial charge in [0, 0.05) is 13.1 Å². The fourth-order valence-corrected chi connectivity index (χ4v) is 2.44. The molecule has 0 bridgehead atoms. The van der Waals surface area contributed by atoms with Crippen molar-refractivity contribution in [2.24, 2.45) is 0 Å². The first kappa shape index (κ1) is 10.4. The highest BCUT2D eigenvalue weighted by atomic mass is 32.1. The van der Waals surface area contributed by atoms with Crippen LogP contribution in [0.5, 0.6) is 0 Å². The normalized spacial score (nSPS) is 11.4. The van der Waals surface area contributed by atoms with Gasteiger partial charge in [0.15, 0.2) is 0 Å². The van der Waals surface area contributed by atoms with Crippen LogP contribution in [-0.4, -0.2) is 30.1 Å². The van der Waals surface area contributed by atoms with Crippen LogP contribution in [0.4, 0.5) is 0 Å². The summed E-state index contributed by atoms with van der Waals surface area (Å²) < 4.78 is 2.92. The van der Waals surface area contributed by atoms with Gasteiger partial charge in [-0.2, -0.15) is 0 Å². The van der Waals surface area contributed by atoms with E-state index in [9.17, 15) is 4.79 Å². The molecule has 2 aromatic rings. The van der Waals surface area contributed by atoms with E-state index < -0.39 is 0 Å². The first-order valence-electron chi connectivity index (χ1n) is 4.91. The average Bonchev–Trinajstić information content (AvgIpc) is 2.50. The van der Waals surface area contributed by atoms with Crippen molar-refractivity contribution in [3.63, 3.8) is 0 Å². The maximum Gasteiger partial charge on any atom is 0.308 e. The molecule has 80 valence electrons. The second-order valence-corrected chi connectivity index (χ2v) is 4.78. The van der Waals surface area contributed by atoms with Gasteiger partial charge >= 0.3 is 4.87 Å². The first-order valence-corrected chi connectivity index (χ1v) is 5.73. The minimum atomic E-state index is 0.137. The molecule has 4 heteroatoms. The molecule has 0 aliphatic rings. The lowest BCUT2D eigenvalue weighted by molar-refractivity contribution is 0.385. The van der Waals surface area contributed by atoms with Crippen LogP contribution in [0.1, 0.15) is 0 Å². The number of likely N-dealkylation sites (N-methyl/N-ethyl adjacent to an activating group) is 1. The molecule has 1 aromatic heterocycles. The molecule has 0 spiro atoms. The Morgan fingerprint density at radius 2 is 2.07 bits per heavy atom. The second-order valence-electron chi connectivity index (χ2n) is 3.79. The number of benzene rings is 1. The van der Waals surface area contributed by atoms with Gasteiger partial charge in [0.2, 0.25) is 0 Å². The molecule has 3 nitrogen and oxygen atoms in total. The highest BCUT2D eigenvalue weighted by Crippen LogP contribution is 2.15. The number of hydrogen-bond donors (Lipinski definition) is 0. The van der Waals surface area contributed by atoms with E-state index in [1.165, 1.54) is 11.3 Å². The van der Waals surface area contributed by atoms with E-state index in [-0.39, 0.29) is 4.87 Å². The summed E-state index contributed by atoms with van der Waals surface area (Å²) in [6.07, 6.45) is 0. The van der Waals surface area contributed by atoms with E-state index >= 15 is 0 Å². The molecule has 1 aromatic carbocycles. The number of para-hydroxylation sites is 1. The summed E-state index contributed by atoms with van der Waals surface area (Å²) in [5.74, 6) is 0. The van der Waals surface area contributed by atoms with Crippen LogP contribution in [0.3, 0.4) is 0 Å². The Hall–Kier alpha value is -1.13. The number of fused-ring (bicyclic) bond motifs is 1. The predicted molar refractivity (Wildman–Crippen MR) is 64.6 cm³/mol. The number of hydrogen-bond acceptors (Lipinski definition) is 3. The predicted octanol–water partition coefficient (Wildman–Crippen LogP) is 1.62. The Kier molecular flexibility index (Phi) is 2.88. The molecular weight excluding hydrogens is 208 g/mol. The van der Waals surface area contributed by atoms with E-state index in [1.807, 2.05) is 42.9 Å². The van der Waals surface area contributed by atoms with Crippen LogP contribution < -0.4 is 4.87 Å². The van der Waals surface area contributed by atoms with Crippen molar-refractivity contribution in [1.29, 1.82) is 0 Å². The molecule has 1 heterocycles. The molecule has 0 atom stereocenters.